The maximum Gasteiger partial charge on any atom is 0.179 e. The van der Waals surface area contributed by atoms with Crippen molar-refractivity contribution in [1.29, 1.82) is 0 Å². The van der Waals surface area contributed by atoms with Gasteiger partial charge in [0.05, 0.1) is 6.61 Å². The molecule has 3 aliphatic rings. The summed E-state index contributed by atoms with van der Waals surface area (Å²) in [6.45, 7) is 4.36. The molecule has 3 N–H and O–H groups in total. The van der Waals surface area contributed by atoms with E-state index < -0.39 is 23.0 Å². The van der Waals surface area contributed by atoms with Crippen molar-refractivity contribution >= 4 is 5.78 Å². The van der Waals surface area contributed by atoms with Gasteiger partial charge in [-0.25, -0.2) is 0 Å². The van der Waals surface area contributed by atoms with Crippen LogP contribution in [0.4, 0.5) is 0 Å². The summed E-state index contributed by atoms with van der Waals surface area (Å²) < 4.78 is 16.4. The number of hydrogen-bond acceptors (Lipinski definition) is 6. The van der Waals surface area contributed by atoms with Gasteiger partial charge in [0, 0.05) is 13.5 Å². The Balaban J connectivity index is 1.90. The molecule has 0 radical (unpaired) electrons. The van der Waals surface area contributed by atoms with E-state index in [1.165, 1.54) is 7.11 Å². The zero-order valence-electron chi connectivity index (χ0n) is 12.7. The number of carbonyl (C=O) groups excluding carboxylic acids is 1. The van der Waals surface area contributed by atoms with E-state index in [2.05, 4.69) is 0 Å². The number of ether oxygens (including phenoxy) is 3. The average molecular weight is 297 g/mol. The highest BCUT2D eigenvalue weighted by atomic mass is 16.7. The third-order valence-electron chi connectivity index (χ3n) is 4.96. The number of Topliss-reactive ketones (excluding diaryl/α,β-unsaturated/α-hetero) is 1. The van der Waals surface area contributed by atoms with Crippen LogP contribution < -0.4 is 5.73 Å². The second-order valence-electron chi connectivity index (χ2n) is 6.55. The number of nitrogens with two attached hydrogens (primary N) is 1. The van der Waals surface area contributed by atoms with Gasteiger partial charge in [-0.2, -0.15) is 0 Å². The van der Waals surface area contributed by atoms with E-state index >= 15 is 0 Å². The van der Waals surface area contributed by atoms with Crippen LogP contribution in [-0.4, -0.2) is 53.7 Å². The summed E-state index contributed by atoms with van der Waals surface area (Å²) in [7, 11) is 1.41. The number of carbonyl (C=O) groups is 1. The maximum absolute atomic E-state index is 12.1. The fourth-order valence-corrected chi connectivity index (χ4v) is 3.54. The lowest BCUT2D eigenvalue weighted by atomic mass is 9.67. The van der Waals surface area contributed by atoms with Crippen LogP contribution in [0.25, 0.3) is 0 Å². The van der Waals surface area contributed by atoms with Crippen molar-refractivity contribution in [2.75, 3.05) is 13.7 Å². The van der Waals surface area contributed by atoms with E-state index in [-0.39, 0.29) is 11.9 Å². The molecule has 6 nitrogen and oxygen atoms in total. The molecular formula is C15H23NO5. The molecule has 21 heavy (non-hydrogen) atoms. The largest absolute Gasteiger partial charge is 0.379 e. The first-order valence-corrected chi connectivity index (χ1v) is 7.32. The van der Waals surface area contributed by atoms with Crippen LogP contribution in [0.2, 0.25) is 0 Å². The van der Waals surface area contributed by atoms with Crippen LogP contribution in [0.1, 0.15) is 33.1 Å². The lowest BCUT2D eigenvalue weighted by Crippen LogP contribution is -2.72. The van der Waals surface area contributed by atoms with Crippen molar-refractivity contribution in [1.82, 2.24) is 0 Å². The Hall–Kier alpha value is -0.790. The monoisotopic (exact) mass is 297 g/mol. The molecule has 6 heteroatoms. The molecule has 5 unspecified atom stereocenters. The molecule has 3 fully saturated rings. The fourth-order valence-electron chi connectivity index (χ4n) is 3.54. The van der Waals surface area contributed by atoms with E-state index in [4.69, 9.17) is 19.9 Å². The average Bonchev–Trinajstić information content (AvgIpc) is 3.31. The number of hydrogen-bond donors (Lipinski definition) is 2. The molecule has 5 atom stereocenters. The maximum atomic E-state index is 12.1. The smallest absolute Gasteiger partial charge is 0.179 e. The number of ketones is 1. The van der Waals surface area contributed by atoms with Gasteiger partial charge in [-0.15, -0.1) is 0 Å². The van der Waals surface area contributed by atoms with Crippen LogP contribution in [0, 0.1) is 0 Å². The molecule has 0 aromatic rings. The number of methoxy groups -OCH3 is 1. The summed E-state index contributed by atoms with van der Waals surface area (Å²) >= 11 is 0. The van der Waals surface area contributed by atoms with Gasteiger partial charge in [0.2, 0.25) is 0 Å². The van der Waals surface area contributed by atoms with Gasteiger partial charge in [0.1, 0.15) is 11.7 Å². The van der Waals surface area contributed by atoms with Gasteiger partial charge in [-0.05, 0) is 26.7 Å². The Morgan fingerprint density at radius 2 is 2.24 bits per heavy atom. The summed E-state index contributed by atoms with van der Waals surface area (Å²) in [6.07, 6.45) is 2.06. The highest BCUT2D eigenvalue weighted by molar-refractivity contribution is 5.87. The summed E-state index contributed by atoms with van der Waals surface area (Å²) in [5.74, 6) is -0.151. The highest BCUT2D eigenvalue weighted by Gasteiger charge is 2.82. The van der Waals surface area contributed by atoms with Crippen LogP contribution in [0.15, 0.2) is 11.6 Å². The normalized spacial score (nSPS) is 48.3. The third-order valence-corrected chi connectivity index (χ3v) is 4.96. The quantitative estimate of drug-likeness (QED) is 0.571. The van der Waals surface area contributed by atoms with Gasteiger partial charge in [-0.3, -0.25) is 10.5 Å². The Morgan fingerprint density at radius 3 is 2.76 bits per heavy atom. The van der Waals surface area contributed by atoms with Gasteiger partial charge in [0.15, 0.2) is 23.2 Å². The van der Waals surface area contributed by atoms with Crippen molar-refractivity contribution in [3.63, 3.8) is 0 Å². The van der Waals surface area contributed by atoms with Crippen molar-refractivity contribution < 1.29 is 24.1 Å². The van der Waals surface area contributed by atoms with Gasteiger partial charge in [-0.1, -0.05) is 11.6 Å². The summed E-state index contributed by atoms with van der Waals surface area (Å²) in [5, 5.41) is 11.3. The second-order valence-corrected chi connectivity index (χ2v) is 6.55. The number of aliphatic hydroxyl groups is 1. The minimum Gasteiger partial charge on any atom is -0.379 e. The standard InChI is InChI=1S/C15H23NO5/c1-9(2)4-5-11-15(16,21-11)14(18)12(19-3)10(17)6-7-13(14)8-20-13/h4,11-12,18H,5-8,16H2,1-3H3. The number of epoxide rings is 2. The summed E-state index contributed by atoms with van der Waals surface area (Å²) in [4.78, 5) is 12.1. The molecule has 1 spiro atoms. The first-order chi connectivity index (χ1) is 9.81. The van der Waals surface area contributed by atoms with Crippen LogP contribution >= 0.6 is 0 Å². The van der Waals surface area contributed by atoms with E-state index in [1.54, 1.807) is 0 Å². The molecule has 0 aromatic carbocycles. The SMILES string of the molecule is COC1C(=O)CCC2(CO2)C1(O)C1(N)OC1CC=C(C)C. The highest BCUT2D eigenvalue weighted by Crippen LogP contribution is 2.59. The van der Waals surface area contributed by atoms with Crippen molar-refractivity contribution in [3.8, 4) is 0 Å². The van der Waals surface area contributed by atoms with Gasteiger partial charge >= 0.3 is 0 Å². The first-order valence-electron chi connectivity index (χ1n) is 7.32. The number of rotatable bonds is 4. The molecule has 1 aliphatic carbocycles. The molecular weight excluding hydrogens is 274 g/mol. The van der Waals surface area contributed by atoms with Gasteiger partial charge in [0.25, 0.3) is 0 Å². The Kier molecular flexibility index (Phi) is 3.31. The molecule has 118 valence electrons. The van der Waals surface area contributed by atoms with Crippen LogP contribution in [0.3, 0.4) is 0 Å². The molecule has 0 aromatic heterocycles. The lowest BCUT2D eigenvalue weighted by Gasteiger charge is -2.45. The van der Waals surface area contributed by atoms with Gasteiger partial charge < -0.3 is 19.3 Å². The van der Waals surface area contributed by atoms with Crippen molar-refractivity contribution in [2.24, 2.45) is 5.73 Å². The number of allylic oxidation sites excluding steroid dienone is 1. The Bertz CT molecular complexity index is 496. The van der Waals surface area contributed by atoms with Crippen LogP contribution in [-0.2, 0) is 19.0 Å². The molecule has 2 heterocycles. The minimum atomic E-state index is -1.63. The van der Waals surface area contributed by atoms with E-state index in [0.717, 1.165) is 5.57 Å². The predicted molar refractivity (Wildman–Crippen MR) is 74.5 cm³/mol. The van der Waals surface area contributed by atoms with Crippen molar-refractivity contribution in [3.05, 3.63) is 11.6 Å². The second kappa shape index (κ2) is 4.60. The molecule has 0 bridgehead atoms. The summed E-state index contributed by atoms with van der Waals surface area (Å²) in [6, 6.07) is 0. The molecule has 3 rings (SSSR count). The van der Waals surface area contributed by atoms with E-state index in [1.807, 2.05) is 19.9 Å². The molecule has 1 saturated carbocycles. The topological polar surface area (TPSA) is 97.6 Å². The Morgan fingerprint density at radius 1 is 1.57 bits per heavy atom. The zero-order chi connectivity index (χ0) is 15.5. The molecule has 2 aliphatic heterocycles. The van der Waals surface area contributed by atoms with Crippen molar-refractivity contribution in [2.45, 2.75) is 62.2 Å². The minimum absolute atomic E-state index is 0.151. The van der Waals surface area contributed by atoms with E-state index in [0.29, 0.717) is 25.9 Å². The molecule has 2 saturated heterocycles. The molecule has 0 amide bonds. The Labute approximate surface area is 124 Å². The van der Waals surface area contributed by atoms with Crippen LogP contribution in [0.5, 0.6) is 0 Å². The first kappa shape index (κ1) is 15.1. The summed E-state index contributed by atoms with van der Waals surface area (Å²) in [5.41, 5.74) is 3.73. The lowest BCUT2D eigenvalue weighted by molar-refractivity contribution is -0.195. The van der Waals surface area contributed by atoms with E-state index in [9.17, 15) is 9.90 Å². The predicted octanol–water partition coefficient (Wildman–Crippen LogP) is 0.274. The fraction of sp³-hybridized carbons (Fsp3) is 0.800. The zero-order valence-corrected chi connectivity index (χ0v) is 12.7. The third kappa shape index (κ3) is 1.94.